The van der Waals surface area contributed by atoms with Crippen molar-refractivity contribution in [1.29, 1.82) is 0 Å². The molecule has 0 radical (unpaired) electrons. The Kier molecular flexibility index (Phi) is 4.45. The molecular weight excluding hydrogens is 526 g/mol. The van der Waals surface area contributed by atoms with Crippen molar-refractivity contribution in [2.24, 2.45) is 0 Å². The normalized spacial score (nSPS) is 12.2. The second-order valence-corrected chi connectivity index (χ2v) is 11.3. The molecule has 0 atom stereocenters. The van der Waals surface area contributed by atoms with E-state index in [1.807, 2.05) is 0 Å². The van der Waals surface area contributed by atoms with Crippen LogP contribution in [0.25, 0.3) is 93.3 Å². The van der Waals surface area contributed by atoms with Gasteiger partial charge in [0.15, 0.2) is 5.58 Å². The molecule has 0 aliphatic heterocycles. The molecule has 10 rings (SSSR count). The summed E-state index contributed by atoms with van der Waals surface area (Å²) >= 11 is 0. The summed E-state index contributed by atoms with van der Waals surface area (Å²) in [6.45, 7) is 0. The molecule has 3 heteroatoms. The highest BCUT2D eigenvalue weighted by atomic mass is 16.3. The lowest BCUT2D eigenvalue weighted by Gasteiger charge is -2.08. The standard InChI is InChI=1S/C40H23NO2/c1-2-10-25-21-26(20-19-24(25)9-1)27-13-7-14-30-32-22-38-33(23-37(32)42-39(27)30)31-15-8-18-36(40(31)43-38)41-34-16-5-3-11-28(34)29-12-4-6-17-35(29)41/h1-23H. The van der Waals surface area contributed by atoms with E-state index in [4.69, 9.17) is 8.83 Å². The van der Waals surface area contributed by atoms with Gasteiger partial charge in [-0.25, -0.2) is 0 Å². The van der Waals surface area contributed by atoms with Gasteiger partial charge in [0.1, 0.15) is 16.7 Å². The van der Waals surface area contributed by atoms with Crippen molar-refractivity contribution < 1.29 is 8.83 Å². The van der Waals surface area contributed by atoms with Crippen LogP contribution in [0.3, 0.4) is 0 Å². The molecule has 200 valence electrons. The van der Waals surface area contributed by atoms with Crippen LogP contribution in [0.5, 0.6) is 0 Å². The molecule has 3 heterocycles. The average molecular weight is 550 g/mol. The summed E-state index contributed by atoms with van der Waals surface area (Å²) in [6.07, 6.45) is 0. The molecule has 0 fully saturated rings. The van der Waals surface area contributed by atoms with Crippen LogP contribution in [0.15, 0.2) is 148 Å². The fraction of sp³-hybridized carbons (Fsp3) is 0. The van der Waals surface area contributed by atoms with Gasteiger partial charge in [-0.1, -0.05) is 103 Å². The fourth-order valence-corrected chi connectivity index (χ4v) is 7.02. The summed E-state index contributed by atoms with van der Waals surface area (Å²) in [6, 6.07) is 49.3. The Morgan fingerprint density at radius 1 is 0.395 bits per heavy atom. The lowest BCUT2D eigenvalue weighted by molar-refractivity contribution is 0.663. The minimum Gasteiger partial charge on any atom is -0.455 e. The molecule has 0 N–H and O–H groups in total. The van der Waals surface area contributed by atoms with Gasteiger partial charge in [-0.3, -0.25) is 0 Å². The molecule has 10 aromatic rings. The largest absolute Gasteiger partial charge is 0.455 e. The highest BCUT2D eigenvalue weighted by molar-refractivity contribution is 6.18. The number of fused-ring (bicyclic) bond motifs is 10. The molecule has 0 saturated heterocycles. The number of rotatable bonds is 2. The van der Waals surface area contributed by atoms with Crippen LogP contribution >= 0.6 is 0 Å². The maximum Gasteiger partial charge on any atom is 0.159 e. The predicted molar refractivity (Wildman–Crippen MR) is 178 cm³/mol. The summed E-state index contributed by atoms with van der Waals surface area (Å²) in [4.78, 5) is 0. The SMILES string of the molecule is c1ccc2cc(-c3cccc4c3oc3cc5c(cc34)oc3c(-n4c6ccccc6c6ccccc64)cccc35)ccc2c1. The molecule has 0 bridgehead atoms. The molecule has 0 aliphatic carbocycles. The van der Waals surface area contributed by atoms with Crippen LogP contribution in [0, 0.1) is 0 Å². The van der Waals surface area contributed by atoms with Gasteiger partial charge in [0.2, 0.25) is 0 Å². The Hall–Kier alpha value is -5.80. The molecule has 43 heavy (non-hydrogen) atoms. The van der Waals surface area contributed by atoms with Gasteiger partial charge in [-0.05, 0) is 52.7 Å². The predicted octanol–water partition coefficient (Wildman–Crippen LogP) is 11.4. The van der Waals surface area contributed by atoms with Gasteiger partial charge in [-0.15, -0.1) is 0 Å². The quantitative estimate of drug-likeness (QED) is 0.215. The molecular formula is C40H23NO2. The van der Waals surface area contributed by atoms with E-state index < -0.39 is 0 Å². The molecule has 0 amide bonds. The lowest BCUT2D eigenvalue weighted by atomic mass is 9.99. The lowest BCUT2D eigenvalue weighted by Crippen LogP contribution is -1.93. The van der Waals surface area contributed by atoms with Crippen molar-refractivity contribution in [1.82, 2.24) is 4.57 Å². The summed E-state index contributed by atoms with van der Waals surface area (Å²) in [5.74, 6) is 0. The van der Waals surface area contributed by atoms with E-state index in [1.54, 1.807) is 0 Å². The van der Waals surface area contributed by atoms with Crippen molar-refractivity contribution in [3.63, 3.8) is 0 Å². The molecule has 3 aromatic heterocycles. The smallest absolute Gasteiger partial charge is 0.159 e. The summed E-state index contributed by atoms with van der Waals surface area (Å²) < 4.78 is 15.7. The summed E-state index contributed by atoms with van der Waals surface area (Å²) in [5, 5.41) is 9.19. The van der Waals surface area contributed by atoms with Crippen LogP contribution < -0.4 is 0 Å². The van der Waals surface area contributed by atoms with Gasteiger partial charge in [0.05, 0.1) is 16.7 Å². The first-order valence-corrected chi connectivity index (χ1v) is 14.6. The van der Waals surface area contributed by atoms with Crippen molar-refractivity contribution in [3.8, 4) is 16.8 Å². The van der Waals surface area contributed by atoms with Crippen LogP contribution in [0.1, 0.15) is 0 Å². The Labute approximate surface area is 245 Å². The molecule has 0 aliphatic rings. The fourth-order valence-electron chi connectivity index (χ4n) is 7.02. The van der Waals surface area contributed by atoms with Crippen molar-refractivity contribution in [2.75, 3.05) is 0 Å². The maximum absolute atomic E-state index is 6.73. The Bertz CT molecular complexity index is 2680. The molecule has 0 unspecified atom stereocenters. The highest BCUT2D eigenvalue weighted by Gasteiger charge is 2.19. The minimum atomic E-state index is 0.856. The monoisotopic (exact) mass is 549 g/mol. The van der Waals surface area contributed by atoms with Crippen molar-refractivity contribution in [2.45, 2.75) is 0 Å². The van der Waals surface area contributed by atoms with E-state index in [0.717, 1.165) is 71.7 Å². The number of para-hydroxylation sites is 4. The zero-order chi connectivity index (χ0) is 28.1. The number of hydrogen-bond donors (Lipinski definition) is 0. The first-order valence-electron chi connectivity index (χ1n) is 14.6. The average Bonchev–Trinajstić information content (AvgIpc) is 3.72. The zero-order valence-electron chi connectivity index (χ0n) is 23.0. The first kappa shape index (κ1) is 22.8. The molecule has 7 aromatic carbocycles. The highest BCUT2D eigenvalue weighted by Crippen LogP contribution is 2.42. The zero-order valence-corrected chi connectivity index (χ0v) is 23.0. The number of furan rings is 2. The minimum absolute atomic E-state index is 0.856. The van der Waals surface area contributed by atoms with Gasteiger partial charge in [-0.2, -0.15) is 0 Å². The summed E-state index contributed by atoms with van der Waals surface area (Å²) in [5.41, 5.74) is 9.09. The van der Waals surface area contributed by atoms with Crippen LogP contribution in [-0.4, -0.2) is 4.57 Å². The molecule has 3 nitrogen and oxygen atoms in total. The van der Waals surface area contributed by atoms with Crippen LogP contribution in [-0.2, 0) is 0 Å². The third-order valence-corrected chi connectivity index (χ3v) is 8.98. The Balaban J connectivity index is 1.22. The second kappa shape index (κ2) is 8.37. The summed E-state index contributed by atoms with van der Waals surface area (Å²) in [7, 11) is 0. The van der Waals surface area contributed by atoms with Crippen molar-refractivity contribution in [3.05, 3.63) is 140 Å². The second-order valence-electron chi connectivity index (χ2n) is 11.3. The van der Waals surface area contributed by atoms with Crippen LogP contribution in [0.2, 0.25) is 0 Å². The van der Waals surface area contributed by atoms with Gasteiger partial charge in [0, 0.05) is 37.9 Å². The number of nitrogens with zero attached hydrogens (tertiary/aromatic N) is 1. The van der Waals surface area contributed by atoms with Crippen molar-refractivity contribution >= 4 is 76.5 Å². The molecule has 0 spiro atoms. The number of hydrogen-bond acceptors (Lipinski definition) is 2. The van der Waals surface area contributed by atoms with Gasteiger partial charge >= 0.3 is 0 Å². The Morgan fingerprint density at radius 3 is 1.72 bits per heavy atom. The number of aromatic nitrogens is 1. The van der Waals surface area contributed by atoms with E-state index >= 15 is 0 Å². The third kappa shape index (κ3) is 3.14. The maximum atomic E-state index is 6.73. The van der Waals surface area contributed by atoms with E-state index in [2.05, 4.69) is 144 Å². The third-order valence-electron chi connectivity index (χ3n) is 8.98. The topological polar surface area (TPSA) is 31.2 Å². The molecule has 0 saturated carbocycles. The van der Waals surface area contributed by atoms with E-state index in [9.17, 15) is 0 Å². The van der Waals surface area contributed by atoms with E-state index in [1.165, 1.54) is 21.5 Å². The van der Waals surface area contributed by atoms with Crippen LogP contribution in [0.4, 0.5) is 0 Å². The number of benzene rings is 7. The first-order chi connectivity index (χ1) is 21.3. The van der Waals surface area contributed by atoms with Gasteiger partial charge < -0.3 is 13.4 Å². The Morgan fingerprint density at radius 2 is 0.977 bits per heavy atom. The van der Waals surface area contributed by atoms with E-state index in [0.29, 0.717) is 0 Å². The van der Waals surface area contributed by atoms with E-state index in [-0.39, 0.29) is 0 Å². The van der Waals surface area contributed by atoms with Gasteiger partial charge in [0.25, 0.3) is 0 Å².